The molecule has 4 nitrogen and oxygen atoms in total. The van der Waals surface area contributed by atoms with E-state index in [1.165, 1.54) is 16.3 Å². The van der Waals surface area contributed by atoms with Crippen LogP contribution >= 0.6 is 24.8 Å². The van der Waals surface area contributed by atoms with E-state index in [9.17, 15) is 0 Å². The largest absolute Gasteiger partial charge is 0.496 e. The van der Waals surface area contributed by atoms with Crippen LogP contribution in [-0.2, 0) is 6.54 Å². The molecule has 0 unspecified atom stereocenters. The SMILES string of the molecule is COc1ccc2ccccc2c1CNCCCNCCO.Cl.Cl. The molecule has 3 N–H and O–H groups in total. The molecule has 2 rings (SSSR count). The number of ether oxygens (including phenoxy) is 1. The summed E-state index contributed by atoms with van der Waals surface area (Å²) in [6.07, 6.45) is 1.03. The third kappa shape index (κ3) is 6.53. The Morgan fingerprint density at radius 3 is 2.43 bits per heavy atom. The van der Waals surface area contributed by atoms with Crippen LogP contribution in [0.1, 0.15) is 12.0 Å². The average Bonchev–Trinajstić information content (AvgIpc) is 2.54. The van der Waals surface area contributed by atoms with E-state index in [-0.39, 0.29) is 31.4 Å². The van der Waals surface area contributed by atoms with Gasteiger partial charge >= 0.3 is 0 Å². The molecule has 0 aliphatic carbocycles. The number of halogens is 2. The highest BCUT2D eigenvalue weighted by Crippen LogP contribution is 2.27. The van der Waals surface area contributed by atoms with E-state index < -0.39 is 0 Å². The van der Waals surface area contributed by atoms with Crippen LogP contribution in [0.4, 0.5) is 0 Å². The van der Waals surface area contributed by atoms with Crippen LogP contribution in [-0.4, -0.2) is 38.5 Å². The molecule has 23 heavy (non-hydrogen) atoms. The minimum Gasteiger partial charge on any atom is -0.496 e. The topological polar surface area (TPSA) is 53.5 Å². The van der Waals surface area contributed by atoms with Gasteiger partial charge in [0.05, 0.1) is 13.7 Å². The predicted molar refractivity (Wildman–Crippen MR) is 101 cm³/mol. The summed E-state index contributed by atoms with van der Waals surface area (Å²) in [7, 11) is 1.71. The predicted octanol–water partition coefficient (Wildman–Crippen LogP) is 2.75. The van der Waals surface area contributed by atoms with Crippen molar-refractivity contribution in [2.45, 2.75) is 13.0 Å². The molecule has 2 aromatic carbocycles. The molecule has 0 fully saturated rings. The van der Waals surface area contributed by atoms with Gasteiger partial charge < -0.3 is 20.5 Å². The van der Waals surface area contributed by atoms with Gasteiger partial charge in [0.25, 0.3) is 0 Å². The molecule has 0 saturated carbocycles. The molecule has 0 spiro atoms. The van der Waals surface area contributed by atoms with Crippen molar-refractivity contribution < 1.29 is 9.84 Å². The molecule has 0 heterocycles. The zero-order chi connectivity index (χ0) is 14.9. The number of fused-ring (bicyclic) bond motifs is 1. The number of hydrogen-bond donors (Lipinski definition) is 3. The van der Waals surface area contributed by atoms with E-state index in [1.807, 2.05) is 6.07 Å². The van der Waals surface area contributed by atoms with E-state index in [2.05, 4.69) is 41.0 Å². The van der Waals surface area contributed by atoms with Gasteiger partial charge in [-0.15, -0.1) is 24.8 Å². The molecular weight excluding hydrogens is 335 g/mol. The second kappa shape index (κ2) is 12.4. The molecule has 0 atom stereocenters. The van der Waals surface area contributed by atoms with Crippen LogP contribution in [0.15, 0.2) is 36.4 Å². The average molecular weight is 361 g/mol. The maximum absolute atomic E-state index is 8.68. The first-order valence-corrected chi connectivity index (χ1v) is 7.43. The Morgan fingerprint density at radius 1 is 0.957 bits per heavy atom. The fraction of sp³-hybridized carbons (Fsp3) is 0.412. The Bertz CT molecular complexity index is 567. The van der Waals surface area contributed by atoms with E-state index in [1.54, 1.807) is 7.11 Å². The highest BCUT2D eigenvalue weighted by Gasteiger charge is 2.07. The molecule has 0 aliphatic heterocycles. The summed E-state index contributed by atoms with van der Waals surface area (Å²) in [6, 6.07) is 12.5. The summed E-state index contributed by atoms with van der Waals surface area (Å²) in [6.45, 7) is 3.51. The van der Waals surface area contributed by atoms with Crippen LogP contribution < -0.4 is 15.4 Å². The Hall–Kier alpha value is -1.04. The van der Waals surface area contributed by atoms with Gasteiger partial charge in [0.15, 0.2) is 0 Å². The number of aliphatic hydroxyl groups is 1. The molecule has 0 saturated heterocycles. The van der Waals surface area contributed by atoms with Gasteiger partial charge in [-0.1, -0.05) is 30.3 Å². The summed E-state index contributed by atoms with van der Waals surface area (Å²) >= 11 is 0. The minimum absolute atomic E-state index is 0. The van der Waals surface area contributed by atoms with Crippen molar-refractivity contribution in [3.8, 4) is 5.75 Å². The molecule has 0 aliphatic rings. The lowest BCUT2D eigenvalue weighted by Gasteiger charge is -2.13. The van der Waals surface area contributed by atoms with Gasteiger partial charge in [-0.3, -0.25) is 0 Å². The van der Waals surface area contributed by atoms with Crippen molar-refractivity contribution in [1.29, 1.82) is 0 Å². The highest BCUT2D eigenvalue weighted by molar-refractivity contribution is 5.87. The number of nitrogens with one attached hydrogen (secondary N) is 2. The first-order chi connectivity index (χ1) is 10.4. The zero-order valence-electron chi connectivity index (χ0n) is 13.4. The monoisotopic (exact) mass is 360 g/mol. The fourth-order valence-corrected chi connectivity index (χ4v) is 2.45. The Balaban J connectivity index is 0.00000242. The Labute approximate surface area is 150 Å². The third-order valence-electron chi connectivity index (χ3n) is 3.51. The van der Waals surface area contributed by atoms with Gasteiger partial charge in [0.1, 0.15) is 5.75 Å². The van der Waals surface area contributed by atoms with E-state index >= 15 is 0 Å². The van der Waals surface area contributed by atoms with Crippen molar-refractivity contribution in [3.05, 3.63) is 42.0 Å². The number of methoxy groups -OCH3 is 1. The standard InChI is InChI=1S/C17H24N2O2.2ClH/c1-21-17-8-7-14-5-2-3-6-15(14)16(17)13-19-10-4-9-18-11-12-20;;/h2-3,5-8,18-20H,4,9-13H2,1H3;2*1H. The van der Waals surface area contributed by atoms with Gasteiger partial charge in [0, 0.05) is 18.7 Å². The molecule has 0 bridgehead atoms. The second-order valence-corrected chi connectivity index (χ2v) is 4.97. The summed E-state index contributed by atoms with van der Waals surface area (Å²) in [4.78, 5) is 0. The van der Waals surface area contributed by atoms with E-state index in [0.29, 0.717) is 6.54 Å². The summed E-state index contributed by atoms with van der Waals surface area (Å²) in [5, 5.41) is 17.8. The Morgan fingerprint density at radius 2 is 1.70 bits per heavy atom. The minimum atomic E-state index is 0. The second-order valence-electron chi connectivity index (χ2n) is 4.97. The number of aliphatic hydroxyl groups excluding tert-OH is 1. The van der Waals surface area contributed by atoms with Crippen molar-refractivity contribution in [3.63, 3.8) is 0 Å². The summed E-state index contributed by atoms with van der Waals surface area (Å²) in [5.74, 6) is 0.930. The maximum Gasteiger partial charge on any atom is 0.123 e. The van der Waals surface area contributed by atoms with Crippen LogP contribution in [0.5, 0.6) is 5.75 Å². The lowest BCUT2D eigenvalue weighted by Crippen LogP contribution is -2.24. The molecule has 130 valence electrons. The number of hydrogen-bond acceptors (Lipinski definition) is 4. The van der Waals surface area contributed by atoms with E-state index in [4.69, 9.17) is 9.84 Å². The van der Waals surface area contributed by atoms with Crippen LogP contribution in [0.25, 0.3) is 10.8 Å². The van der Waals surface area contributed by atoms with Crippen molar-refractivity contribution in [2.24, 2.45) is 0 Å². The molecule has 2 aromatic rings. The zero-order valence-corrected chi connectivity index (χ0v) is 15.0. The molecule has 0 aromatic heterocycles. The van der Waals surface area contributed by atoms with Crippen molar-refractivity contribution >= 4 is 35.6 Å². The van der Waals surface area contributed by atoms with Crippen LogP contribution in [0.2, 0.25) is 0 Å². The summed E-state index contributed by atoms with van der Waals surface area (Å²) in [5.41, 5.74) is 1.21. The molecule has 0 amide bonds. The van der Waals surface area contributed by atoms with Crippen molar-refractivity contribution in [2.75, 3.05) is 33.4 Å². The van der Waals surface area contributed by atoms with Crippen LogP contribution in [0.3, 0.4) is 0 Å². The van der Waals surface area contributed by atoms with Crippen molar-refractivity contribution in [1.82, 2.24) is 10.6 Å². The fourth-order valence-electron chi connectivity index (χ4n) is 2.45. The third-order valence-corrected chi connectivity index (χ3v) is 3.51. The first kappa shape index (κ1) is 22.0. The summed E-state index contributed by atoms with van der Waals surface area (Å²) < 4.78 is 5.48. The normalized spacial score (nSPS) is 10.0. The molecule has 0 radical (unpaired) electrons. The number of benzene rings is 2. The van der Waals surface area contributed by atoms with Gasteiger partial charge in [-0.05, 0) is 36.3 Å². The van der Waals surface area contributed by atoms with Gasteiger partial charge in [-0.2, -0.15) is 0 Å². The smallest absolute Gasteiger partial charge is 0.123 e. The molecular formula is C17H26Cl2N2O2. The Kier molecular flexibility index (Phi) is 11.8. The maximum atomic E-state index is 8.68. The van der Waals surface area contributed by atoms with Gasteiger partial charge in [0.2, 0.25) is 0 Å². The van der Waals surface area contributed by atoms with Crippen LogP contribution in [0, 0.1) is 0 Å². The highest BCUT2D eigenvalue weighted by atomic mass is 35.5. The molecule has 6 heteroatoms. The quantitative estimate of drug-likeness (QED) is 0.602. The lowest BCUT2D eigenvalue weighted by atomic mass is 10.0. The lowest BCUT2D eigenvalue weighted by molar-refractivity contribution is 0.292. The number of rotatable bonds is 9. The first-order valence-electron chi connectivity index (χ1n) is 7.43. The van der Waals surface area contributed by atoms with Gasteiger partial charge in [-0.25, -0.2) is 0 Å². The van der Waals surface area contributed by atoms with E-state index in [0.717, 1.165) is 31.8 Å².